The topological polar surface area (TPSA) is 90.0 Å². The van der Waals surface area contributed by atoms with E-state index in [2.05, 4.69) is 10.3 Å². The summed E-state index contributed by atoms with van der Waals surface area (Å²) in [5, 5.41) is 3.55. The summed E-state index contributed by atoms with van der Waals surface area (Å²) in [5.74, 6) is 5.71. The van der Waals surface area contributed by atoms with Crippen LogP contribution in [0.3, 0.4) is 0 Å². The second kappa shape index (κ2) is 6.76. The number of carbonyl (C=O) groups excluding carboxylic acids is 1. The molecule has 0 aliphatic heterocycles. The van der Waals surface area contributed by atoms with E-state index < -0.39 is 0 Å². The molecule has 7 heteroatoms. The number of nitrogens with one attached hydrogen (secondary N) is 1. The summed E-state index contributed by atoms with van der Waals surface area (Å²) in [6.45, 7) is 1.98. The molecular weight excluding hydrogens is 324 g/mol. The smallest absolute Gasteiger partial charge is 0.280 e. The number of nitrogens with two attached hydrogens (primary N) is 1. The molecular formula is C17H16N4O2S. The minimum Gasteiger partial charge on any atom is -0.334 e. The molecule has 3 aromatic rings. The number of nitrogen functional groups attached to an aromatic ring is 1. The lowest BCUT2D eigenvalue weighted by Crippen LogP contribution is -2.30. The van der Waals surface area contributed by atoms with Crippen LogP contribution in [0.4, 0.5) is 5.69 Å². The Kier molecular flexibility index (Phi) is 4.52. The number of hydrogen-bond donors (Lipinski definition) is 2. The van der Waals surface area contributed by atoms with Gasteiger partial charge in [-0.15, -0.1) is 0 Å². The summed E-state index contributed by atoms with van der Waals surface area (Å²) in [4.78, 5) is 28.6. The van der Waals surface area contributed by atoms with Gasteiger partial charge in [0.15, 0.2) is 5.16 Å². The Morgan fingerprint density at radius 1 is 1.21 bits per heavy atom. The molecule has 0 saturated heterocycles. The molecule has 3 rings (SSSR count). The third-order valence-electron chi connectivity index (χ3n) is 3.44. The van der Waals surface area contributed by atoms with E-state index in [4.69, 9.17) is 5.84 Å². The predicted octanol–water partition coefficient (Wildman–Crippen LogP) is 2.15. The fraction of sp³-hybridized carbons (Fsp3) is 0.118. The normalized spacial score (nSPS) is 10.7. The van der Waals surface area contributed by atoms with Crippen LogP contribution in [-0.4, -0.2) is 21.3 Å². The minimum atomic E-state index is -0.331. The Labute approximate surface area is 142 Å². The van der Waals surface area contributed by atoms with Crippen molar-refractivity contribution in [1.82, 2.24) is 9.66 Å². The van der Waals surface area contributed by atoms with Gasteiger partial charge in [-0.1, -0.05) is 41.6 Å². The van der Waals surface area contributed by atoms with Crippen LogP contribution < -0.4 is 16.7 Å². The van der Waals surface area contributed by atoms with Crippen LogP contribution in [0.2, 0.25) is 0 Å². The van der Waals surface area contributed by atoms with Gasteiger partial charge in [0.25, 0.3) is 5.56 Å². The predicted molar refractivity (Wildman–Crippen MR) is 96.7 cm³/mol. The van der Waals surface area contributed by atoms with Gasteiger partial charge in [0, 0.05) is 5.69 Å². The molecule has 0 atom stereocenters. The second-order valence-electron chi connectivity index (χ2n) is 5.29. The van der Waals surface area contributed by atoms with Crippen LogP contribution in [0.5, 0.6) is 0 Å². The van der Waals surface area contributed by atoms with Crippen LogP contribution in [0.25, 0.3) is 10.9 Å². The number of anilines is 1. The Morgan fingerprint density at radius 2 is 1.92 bits per heavy atom. The largest absolute Gasteiger partial charge is 0.334 e. The van der Waals surface area contributed by atoms with Crippen molar-refractivity contribution in [2.24, 2.45) is 0 Å². The van der Waals surface area contributed by atoms with Crippen LogP contribution in [-0.2, 0) is 4.79 Å². The van der Waals surface area contributed by atoms with E-state index in [1.54, 1.807) is 24.3 Å². The molecule has 0 bridgehead atoms. The standard InChI is InChI=1S/C17H16N4O2S/c1-11-6-8-12(9-7-11)19-15(22)10-24-17-20-14-5-3-2-4-13(14)16(23)21(17)18/h2-9H,10,18H2,1H3,(H,19,22). The van der Waals surface area contributed by atoms with Gasteiger partial charge in [0.2, 0.25) is 5.91 Å². The molecule has 0 spiro atoms. The highest BCUT2D eigenvalue weighted by Crippen LogP contribution is 2.17. The van der Waals surface area contributed by atoms with Crippen molar-refractivity contribution in [2.45, 2.75) is 12.1 Å². The van der Waals surface area contributed by atoms with Crippen LogP contribution in [0.15, 0.2) is 58.5 Å². The number of rotatable bonds is 4. The average molecular weight is 340 g/mol. The molecule has 0 aliphatic rings. The SMILES string of the molecule is Cc1ccc(NC(=O)CSc2nc3ccccc3c(=O)n2N)cc1. The van der Waals surface area contributed by atoms with E-state index in [1.807, 2.05) is 31.2 Å². The number of carbonyl (C=O) groups is 1. The monoisotopic (exact) mass is 340 g/mol. The Hall–Kier alpha value is -2.80. The van der Waals surface area contributed by atoms with E-state index in [0.717, 1.165) is 27.7 Å². The van der Waals surface area contributed by atoms with E-state index in [-0.39, 0.29) is 17.2 Å². The number of benzene rings is 2. The number of fused-ring (bicyclic) bond motifs is 1. The highest BCUT2D eigenvalue weighted by atomic mass is 32.2. The molecule has 1 heterocycles. The van der Waals surface area contributed by atoms with Crippen LogP contribution >= 0.6 is 11.8 Å². The summed E-state index contributed by atoms with van der Waals surface area (Å²) < 4.78 is 0.978. The molecule has 2 aromatic carbocycles. The molecule has 0 saturated carbocycles. The van der Waals surface area contributed by atoms with E-state index >= 15 is 0 Å². The summed E-state index contributed by atoms with van der Waals surface area (Å²) >= 11 is 1.12. The third kappa shape index (κ3) is 3.41. The molecule has 0 fully saturated rings. The second-order valence-corrected chi connectivity index (χ2v) is 6.23. The number of amides is 1. The van der Waals surface area contributed by atoms with Crippen molar-refractivity contribution in [3.05, 3.63) is 64.4 Å². The number of aromatic nitrogens is 2. The molecule has 3 N–H and O–H groups in total. The first-order valence-electron chi connectivity index (χ1n) is 7.31. The van der Waals surface area contributed by atoms with E-state index in [0.29, 0.717) is 16.1 Å². The molecule has 0 unspecified atom stereocenters. The average Bonchev–Trinajstić information content (AvgIpc) is 2.59. The Bertz CT molecular complexity index is 951. The summed E-state index contributed by atoms with van der Waals surface area (Å²) in [6, 6.07) is 14.5. The van der Waals surface area contributed by atoms with Crippen LogP contribution in [0.1, 0.15) is 5.56 Å². The van der Waals surface area contributed by atoms with Gasteiger partial charge < -0.3 is 11.2 Å². The van der Waals surface area contributed by atoms with Crippen molar-refractivity contribution < 1.29 is 4.79 Å². The number of hydrogen-bond acceptors (Lipinski definition) is 5. The lowest BCUT2D eigenvalue weighted by molar-refractivity contribution is -0.113. The van der Waals surface area contributed by atoms with Crippen molar-refractivity contribution >= 4 is 34.3 Å². The molecule has 24 heavy (non-hydrogen) atoms. The summed E-state index contributed by atoms with van der Waals surface area (Å²) in [7, 11) is 0. The van der Waals surface area contributed by atoms with Crippen molar-refractivity contribution in [1.29, 1.82) is 0 Å². The van der Waals surface area contributed by atoms with E-state index in [1.165, 1.54) is 0 Å². The molecule has 1 aromatic heterocycles. The maximum atomic E-state index is 12.2. The highest BCUT2D eigenvalue weighted by molar-refractivity contribution is 7.99. The van der Waals surface area contributed by atoms with Gasteiger partial charge in [-0.2, -0.15) is 0 Å². The summed E-state index contributed by atoms with van der Waals surface area (Å²) in [6.07, 6.45) is 0. The van der Waals surface area contributed by atoms with E-state index in [9.17, 15) is 9.59 Å². The fourth-order valence-electron chi connectivity index (χ4n) is 2.19. The number of aryl methyl sites for hydroxylation is 1. The number of thioether (sulfide) groups is 1. The number of nitrogens with zero attached hydrogens (tertiary/aromatic N) is 2. The Balaban J connectivity index is 1.73. The molecule has 122 valence electrons. The minimum absolute atomic E-state index is 0.107. The van der Waals surface area contributed by atoms with Gasteiger partial charge >= 0.3 is 0 Å². The van der Waals surface area contributed by atoms with Gasteiger partial charge in [0.05, 0.1) is 16.7 Å². The van der Waals surface area contributed by atoms with Gasteiger partial charge in [0.1, 0.15) is 0 Å². The van der Waals surface area contributed by atoms with Crippen molar-refractivity contribution in [3.63, 3.8) is 0 Å². The lowest BCUT2D eigenvalue weighted by atomic mass is 10.2. The molecule has 1 amide bonds. The lowest BCUT2D eigenvalue weighted by Gasteiger charge is -2.09. The van der Waals surface area contributed by atoms with Crippen molar-refractivity contribution in [2.75, 3.05) is 16.9 Å². The highest BCUT2D eigenvalue weighted by Gasteiger charge is 2.11. The maximum absolute atomic E-state index is 12.2. The molecule has 0 radical (unpaired) electrons. The number of para-hydroxylation sites is 1. The van der Waals surface area contributed by atoms with Gasteiger partial charge in [-0.3, -0.25) is 9.59 Å². The summed E-state index contributed by atoms with van der Waals surface area (Å²) in [5.41, 5.74) is 2.07. The first kappa shape index (κ1) is 16.1. The van der Waals surface area contributed by atoms with Gasteiger partial charge in [-0.25, -0.2) is 9.66 Å². The zero-order valence-corrected chi connectivity index (χ0v) is 13.8. The first-order chi connectivity index (χ1) is 11.5. The van der Waals surface area contributed by atoms with Gasteiger partial charge in [-0.05, 0) is 31.2 Å². The van der Waals surface area contributed by atoms with Crippen LogP contribution in [0, 0.1) is 6.92 Å². The first-order valence-corrected chi connectivity index (χ1v) is 8.29. The maximum Gasteiger partial charge on any atom is 0.280 e. The zero-order chi connectivity index (χ0) is 17.1. The zero-order valence-electron chi connectivity index (χ0n) is 13.0. The molecule has 6 nitrogen and oxygen atoms in total. The third-order valence-corrected chi connectivity index (χ3v) is 4.40. The fourth-order valence-corrected chi connectivity index (χ4v) is 2.91. The molecule has 0 aliphatic carbocycles. The quantitative estimate of drug-likeness (QED) is 0.431. The Morgan fingerprint density at radius 3 is 2.67 bits per heavy atom. The van der Waals surface area contributed by atoms with Crippen molar-refractivity contribution in [3.8, 4) is 0 Å².